The molecule has 2 heterocycles. The lowest BCUT2D eigenvalue weighted by Crippen LogP contribution is -2.25. The van der Waals surface area contributed by atoms with Crippen molar-refractivity contribution in [2.75, 3.05) is 0 Å². The topological polar surface area (TPSA) is 80.6 Å². The van der Waals surface area contributed by atoms with E-state index in [1.807, 2.05) is 0 Å². The van der Waals surface area contributed by atoms with Crippen molar-refractivity contribution >= 4 is 0 Å². The molecule has 3 rings (SSSR count). The smallest absolute Gasteiger partial charge is 0.253 e. The molecule has 3 aromatic rings. The second kappa shape index (κ2) is 7.98. The number of benzene rings is 1. The first-order valence-corrected chi connectivity index (χ1v) is 8.17. The first-order valence-electron chi connectivity index (χ1n) is 8.17. The first kappa shape index (κ1) is 18.6. The predicted molar refractivity (Wildman–Crippen MR) is 90.8 cm³/mol. The van der Waals surface area contributed by atoms with Gasteiger partial charge in [0.15, 0.2) is 17.5 Å². The fourth-order valence-electron chi connectivity index (χ4n) is 2.65. The first-order chi connectivity index (χ1) is 13.0. The van der Waals surface area contributed by atoms with Crippen molar-refractivity contribution in [1.29, 1.82) is 0 Å². The maximum atomic E-state index is 13.9. The zero-order valence-corrected chi connectivity index (χ0v) is 14.1. The van der Waals surface area contributed by atoms with E-state index in [2.05, 4.69) is 15.0 Å². The van der Waals surface area contributed by atoms with E-state index in [1.54, 1.807) is 0 Å². The van der Waals surface area contributed by atoms with Gasteiger partial charge in [0.1, 0.15) is 11.6 Å². The van der Waals surface area contributed by atoms with Crippen molar-refractivity contribution in [2.45, 2.75) is 25.8 Å². The van der Waals surface area contributed by atoms with Gasteiger partial charge >= 0.3 is 0 Å². The molecule has 9 heteroatoms. The van der Waals surface area contributed by atoms with Crippen molar-refractivity contribution < 1.29 is 13.2 Å². The van der Waals surface area contributed by atoms with E-state index in [9.17, 15) is 22.8 Å². The number of rotatable bonds is 6. The third-order valence-corrected chi connectivity index (χ3v) is 4.00. The van der Waals surface area contributed by atoms with E-state index in [1.165, 1.54) is 29.1 Å². The number of hydrogen-bond acceptors (Lipinski definition) is 4. The molecule has 0 aliphatic rings. The molecule has 0 amide bonds. The third-order valence-electron chi connectivity index (χ3n) is 4.00. The molecule has 0 aliphatic heterocycles. The Morgan fingerprint density at radius 3 is 2.48 bits per heavy atom. The summed E-state index contributed by atoms with van der Waals surface area (Å²) in [5.41, 5.74) is -0.849. The van der Waals surface area contributed by atoms with Crippen LogP contribution in [0, 0.1) is 17.5 Å². The van der Waals surface area contributed by atoms with E-state index in [-0.39, 0.29) is 17.7 Å². The van der Waals surface area contributed by atoms with Crippen molar-refractivity contribution in [3.05, 3.63) is 92.0 Å². The molecule has 140 valence electrons. The van der Waals surface area contributed by atoms with Gasteiger partial charge in [-0.05, 0) is 12.5 Å². The second-order valence-electron chi connectivity index (χ2n) is 5.85. The number of aromatic nitrogens is 4. The molecule has 0 atom stereocenters. The maximum Gasteiger partial charge on any atom is 0.253 e. The standard InChI is InChI=1S/C18H15F3N4O2/c19-12-5-4-11(17(20)18(12)21)10-25-14(23-9-7-16(25)27)3-1-2-13-22-8-6-15(26)24-13/h4-9H,1-3,10H2,(H,22,24,26). The van der Waals surface area contributed by atoms with E-state index in [4.69, 9.17) is 0 Å². The van der Waals surface area contributed by atoms with Gasteiger partial charge in [-0.2, -0.15) is 0 Å². The van der Waals surface area contributed by atoms with Gasteiger partial charge in [0.05, 0.1) is 6.54 Å². The molecule has 0 unspecified atom stereocenters. The lowest BCUT2D eigenvalue weighted by atomic mass is 10.1. The van der Waals surface area contributed by atoms with Crippen molar-refractivity contribution in [1.82, 2.24) is 19.5 Å². The summed E-state index contributed by atoms with van der Waals surface area (Å²) in [6.45, 7) is -0.272. The summed E-state index contributed by atoms with van der Waals surface area (Å²) in [5.74, 6) is -3.34. The SMILES string of the molecule is O=c1ccnc(CCCc2nccc(=O)n2Cc2ccc(F)c(F)c2F)[nH]1. The molecule has 0 saturated carbocycles. The van der Waals surface area contributed by atoms with Gasteiger partial charge in [0.25, 0.3) is 11.1 Å². The molecule has 2 aromatic heterocycles. The van der Waals surface area contributed by atoms with Crippen molar-refractivity contribution in [3.63, 3.8) is 0 Å². The summed E-state index contributed by atoms with van der Waals surface area (Å²) in [7, 11) is 0. The second-order valence-corrected chi connectivity index (χ2v) is 5.85. The van der Waals surface area contributed by atoms with Crippen LogP contribution in [0.15, 0.2) is 46.2 Å². The van der Waals surface area contributed by atoms with Crippen LogP contribution in [-0.2, 0) is 19.4 Å². The Morgan fingerprint density at radius 1 is 0.926 bits per heavy atom. The van der Waals surface area contributed by atoms with E-state index >= 15 is 0 Å². The Labute approximate surface area is 151 Å². The van der Waals surface area contributed by atoms with Gasteiger partial charge in [-0.25, -0.2) is 23.1 Å². The zero-order chi connectivity index (χ0) is 19.4. The average molecular weight is 376 g/mol. The van der Waals surface area contributed by atoms with Crippen LogP contribution in [-0.4, -0.2) is 19.5 Å². The van der Waals surface area contributed by atoms with Gasteiger partial charge in [0, 0.05) is 42.9 Å². The highest BCUT2D eigenvalue weighted by Crippen LogP contribution is 2.16. The summed E-state index contributed by atoms with van der Waals surface area (Å²) >= 11 is 0. The molecule has 0 saturated heterocycles. The van der Waals surface area contributed by atoms with Crippen molar-refractivity contribution in [2.24, 2.45) is 0 Å². The van der Waals surface area contributed by atoms with Crippen LogP contribution < -0.4 is 11.1 Å². The van der Waals surface area contributed by atoms with Crippen LogP contribution in [0.4, 0.5) is 13.2 Å². The van der Waals surface area contributed by atoms with E-state index in [0.29, 0.717) is 30.9 Å². The zero-order valence-electron chi connectivity index (χ0n) is 14.1. The highest BCUT2D eigenvalue weighted by Gasteiger charge is 2.15. The number of aryl methyl sites for hydroxylation is 2. The number of nitrogens with zero attached hydrogens (tertiary/aromatic N) is 3. The molecule has 1 N–H and O–H groups in total. The van der Waals surface area contributed by atoms with Gasteiger partial charge in [-0.3, -0.25) is 14.2 Å². The Morgan fingerprint density at radius 2 is 1.70 bits per heavy atom. The van der Waals surface area contributed by atoms with Gasteiger partial charge in [-0.15, -0.1) is 0 Å². The third kappa shape index (κ3) is 4.30. The average Bonchev–Trinajstić information content (AvgIpc) is 2.64. The molecule has 1 aromatic carbocycles. The fourth-order valence-corrected chi connectivity index (χ4v) is 2.65. The Bertz CT molecular complexity index is 1080. The van der Waals surface area contributed by atoms with Crippen LogP contribution in [0.1, 0.15) is 23.6 Å². The molecule has 0 aliphatic carbocycles. The maximum absolute atomic E-state index is 13.9. The minimum absolute atomic E-state index is 0.153. The van der Waals surface area contributed by atoms with Gasteiger partial charge in [0.2, 0.25) is 0 Å². The molecular weight excluding hydrogens is 361 g/mol. The van der Waals surface area contributed by atoms with Crippen LogP contribution in [0.3, 0.4) is 0 Å². The molecule has 0 fully saturated rings. The summed E-state index contributed by atoms with van der Waals surface area (Å²) in [6, 6.07) is 4.41. The fraction of sp³-hybridized carbons (Fsp3) is 0.222. The van der Waals surface area contributed by atoms with Gasteiger partial charge < -0.3 is 4.98 Å². The summed E-state index contributed by atoms with van der Waals surface area (Å²) in [6.07, 6.45) is 4.04. The number of hydrogen-bond donors (Lipinski definition) is 1. The summed E-state index contributed by atoms with van der Waals surface area (Å²) < 4.78 is 41.7. The number of nitrogens with one attached hydrogen (secondary N) is 1. The Kier molecular flexibility index (Phi) is 5.49. The Hall–Kier alpha value is -3.23. The summed E-state index contributed by atoms with van der Waals surface area (Å²) in [5, 5.41) is 0. The number of halogens is 3. The van der Waals surface area contributed by atoms with Gasteiger partial charge in [-0.1, -0.05) is 6.07 Å². The van der Waals surface area contributed by atoms with E-state index in [0.717, 1.165) is 12.1 Å². The number of aromatic amines is 1. The molecule has 6 nitrogen and oxygen atoms in total. The highest BCUT2D eigenvalue weighted by molar-refractivity contribution is 5.21. The normalized spacial score (nSPS) is 10.9. The predicted octanol–water partition coefficient (Wildman–Crippen LogP) is 1.97. The van der Waals surface area contributed by atoms with Crippen LogP contribution in [0.25, 0.3) is 0 Å². The molecule has 0 radical (unpaired) electrons. The molecule has 0 spiro atoms. The lowest BCUT2D eigenvalue weighted by molar-refractivity contribution is 0.438. The molecule has 27 heavy (non-hydrogen) atoms. The minimum atomic E-state index is -1.58. The van der Waals surface area contributed by atoms with Crippen LogP contribution in [0.2, 0.25) is 0 Å². The van der Waals surface area contributed by atoms with Crippen molar-refractivity contribution in [3.8, 4) is 0 Å². The molecular formula is C18H15F3N4O2. The monoisotopic (exact) mass is 376 g/mol. The quantitative estimate of drug-likeness (QED) is 0.667. The minimum Gasteiger partial charge on any atom is -0.311 e. The lowest BCUT2D eigenvalue weighted by Gasteiger charge is -2.12. The van der Waals surface area contributed by atoms with E-state index < -0.39 is 23.0 Å². The summed E-state index contributed by atoms with van der Waals surface area (Å²) in [4.78, 5) is 34.2. The van der Waals surface area contributed by atoms with Crippen LogP contribution in [0.5, 0.6) is 0 Å². The molecule has 0 bridgehead atoms. The number of H-pyrrole nitrogens is 1. The van der Waals surface area contributed by atoms with Crippen LogP contribution >= 0.6 is 0 Å². The largest absolute Gasteiger partial charge is 0.311 e. The highest BCUT2D eigenvalue weighted by atomic mass is 19.2. The Balaban J connectivity index is 1.80.